The van der Waals surface area contributed by atoms with Crippen molar-refractivity contribution in [2.45, 2.75) is 6.54 Å². The molecule has 0 saturated heterocycles. The Labute approximate surface area is 148 Å². The topological polar surface area (TPSA) is 58.2 Å². The van der Waals surface area contributed by atoms with E-state index in [0.717, 1.165) is 5.56 Å². The quantitative estimate of drug-likeness (QED) is 0.788. The smallest absolute Gasteiger partial charge is 0.234 e. The molecule has 0 bridgehead atoms. The Morgan fingerprint density at radius 1 is 0.958 bits per heavy atom. The molecule has 0 saturated carbocycles. The van der Waals surface area contributed by atoms with Crippen molar-refractivity contribution >= 4 is 40.9 Å². The van der Waals surface area contributed by atoms with Crippen LogP contribution in [0.1, 0.15) is 5.56 Å². The summed E-state index contributed by atoms with van der Waals surface area (Å²) in [6, 6.07) is 12.7. The van der Waals surface area contributed by atoms with Gasteiger partial charge in [-0.2, -0.15) is 0 Å². The second-order valence-corrected chi connectivity index (χ2v) is 6.37. The number of hydrogen-bond acceptors (Lipinski definition) is 3. The number of rotatable bonds is 7. The molecular formula is C17H16ClFN2O2S. The number of anilines is 1. The first kappa shape index (κ1) is 18.3. The zero-order valence-corrected chi connectivity index (χ0v) is 14.3. The SMILES string of the molecule is O=C(CSCC(=O)Nc1ccc(F)cc1)NCc1ccc(Cl)cc1. The lowest BCUT2D eigenvalue weighted by atomic mass is 10.2. The van der Waals surface area contributed by atoms with E-state index in [9.17, 15) is 14.0 Å². The summed E-state index contributed by atoms with van der Waals surface area (Å²) in [7, 11) is 0. The van der Waals surface area contributed by atoms with E-state index in [4.69, 9.17) is 11.6 Å². The van der Waals surface area contributed by atoms with Crippen LogP contribution < -0.4 is 10.6 Å². The predicted molar refractivity (Wildman–Crippen MR) is 95.7 cm³/mol. The van der Waals surface area contributed by atoms with Crippen molar-refractivity contribution in [1.82, 2.24) is 5.32 Å². The molecule has 2 aromatic rings. The van der Waals surface area contributed by atoms with Gasteiger partial charge in [0.15, 0.2) is 0 Å². The fraction of sp³-hybridized carbons (Fsp3) is 0.176. The van der Waals surface area contributed by atoms with Gasteiger partial charge in [-0.1, -0.05) is 23.7 Å². The molecule has 0 heterocycles. The molecule has 24 heavy (non-hydrogen) atoms. The standard InChI is InChI=1S/C17H16ClFN2O2S/c18-13-3-1-12(2-4-13)9-20-16(22)10-24-11-17(23)21-15-7-5-14(19)6-8-15/h1-8H,9-11H2,(H,20,22)(H,21,23). The summed E-state index contributed by atoms with van der Waals surface area (Å²) in [5.41, 5.74) is 1.47. The predicted octanol–water partition coefficient (Wildman–Crippen LogP) is 3.47. The Balaban J connectivity index is 1.63. The third-order valence-corrected chi connectivity index (χ3v) is 4.18. The van der Waals surface area contributed by atoms with Gasteiger partial charge in [0, 0.05) is 17.3 Å². The number of benzene rings is 2. The largest absolute Gasteiger partial charge is 0.351 e. The van der Waals surface area contributed by atoms with Gasteiger partial charge in [-0.05, 0) is 42.0 Å². The lowest BCUT2D eigenvalue weighted by Crippen LogP contribution is -2.25. The van der Waals surface area contributed by atoms with Gasteiger partial charge < -0.3 is 10.6 Å². The van der Waals surface area contributed by atoms with Gasteiger partial charge in [-0.15, -0.1) is 11.8 Å². The molecule has 0 aromatic heterocycles. The van der Waals surface area contributed by atoms with Gasteiger partial charge in [0.25, 0.3) is 0 Å². The van der Waals surface area contributed by atoms with Gasteiger partial charge in [-0.25, -0.2) is 4.39 Å². The maximum Gasteiger partial charge on any atom is 0.234 e. The van der Waals surface area contributed by atoms with E-state index in [2.05, 4.69) is 10.6 Å². The second-order valence-electron chi connectivity index (χ2n) is 4.95. The number of hydrogen-bond donors (Lipinski definition) is 2. The van der Waals surface area contributed by atoms with Crippen LogP contribution in [0.3, 0.4) is 0 Å². The van der Waals surface area contributed by atoms with Crippen molar-refractivity contribution in [3.8, 4) is 0 Å². The molecule has 0 aliphatic heterocycles. The van der Waals surface area contributed by atoms with E-state index in [1.54, 1.807) is 12.1 Å². The minimum absolute atomic E-state index is 0.145. The van der Waals surface area contributed by atoms with E-state index < -0.39 is 0 Å². The molecule has 0 unspecified atom stereocenters. The highest BCUT2D eigenvalue weighted by atomic mass is 35.5. The minimum Gasteiger partial charge on any atom is -0.351 e. The van der Waals surface area contributed by atoms with Crippen LogP contribution in [0, 0.1) is 5.82 Å². The number of carbonyl (C=O) groups excluding carboxylic acids is 2. The molecule has 2 amide bonds. The van der Waals surface area contributed by atoms with Crippen LogP contribution in [0.2, 0.25) is 5.02 Å². The molecule has 2 N–H and O–H groups in total. The average molecular weight is 367 g/mol. The molecule has 0 aliphatic rings. The molecule has 0 fully saturated rings. The van der Waals surface area contributed by atoms with E-state index >= 15 is 0 Å². The zero-order chi connectivity index (χ0) is 17.4. The number of thioether (sulfide) groups is 1. The van der Waals surface area contributed by atoms with Gasteiger partial charge in [0.2, 0.25) is 11.8 Å². The van der Waals surface area contributed by atoms with E-state index in [1.807, 2.05) is 12.1 Å². The molecule has 0 aliphatic carbocycles. The molecular weight excluding hydrogens is 351 g/mol. The van der Waals surface area contributed by atoms with E-state index in [0.29, 0.717) is 17.3 Å². The van der Waals surface area contributed by atoms with Crippen LogP contribution in [0.15, 0.2) is 48.5 Å². The monoisotopic (exact) mass is 366 g/mol. The van der Waals surface area contributed by atoms with Gasteiger partial charge in [0.1, 0.15) is 5.82 Å². The fourth-order valence-corrected chi connectivity index (χ4v) is 2.59. The number of nitrogens with one attached hydrogen (secondary N) is 2. The summed E-state index contributed by atoms with van der Waals surface area (Å²) in [5, 5.41) is 6.05. The van der Waals surface area contributed by atoms with Crippen LogP contribution >= 0.6 is 23.4 Å². The molecule has 2 rings (SSSR count). The van der Waals surface area contributed by atoms with Crippen LogP contribution in [0.5, 0.6) is 0 Å². The van der Waals surface area contributed by atoms with Crippen molar-refractivity contribution in [2.24, 2.45) is 0 Å². The van der Waals surface area contributed by atoms with Crippen molar-refractivity contribution in [2.75, 3.05) is 16.8 Å². The second kappa shape index (κ2) is 9.30. The fourth-order valence-electron chi connectivity index (χ4n) is 1.82. The molecule has 0 atom stereocenters. The summed E-state index contributed by atoms with van der Waals surface area (Å²) >= 11 is 7.00. The first-order valence-electron chi connectivity index (χ1n) is 7.17. The van der Waals surface area contributed by atoms with Crippen molar-refractivity contribution in [1.29, 1.82) is 0 Å². The Hall–Kier alpha value is -2.05. The zero-order valence-electron chi connectivity index (χ0n) is 12.7. The van der Waals surface area contributed by atoms with Crippen LogP contribution in [0.25, 0.3) is 0 Å². The minimum atomic E-state index is -0.361. The molecule has 0 radical (unpaired) electrons. The molecule has 126 valence electrons. The lowest BCUT2D eigenvalue weighted by molar-refractivity contribution is -0.118. The maximum absolute atomic E-state index is 12.8. The average Bonchev–Trinajstić information content (AvgIpc) is 2.56. The van der Waals surface area contributed by atoms with Crippen LogP contribution in [-0.2, 0) is 16.1 Å². The Morgan fingerprint density at radius 3 is 2.25 bits per heavy atom. The maximum atomic E-state index is 12.8. The van der Waals surface area contributed by atoms with Gasteiger partial charge in [-0.3, -0.25) is 9.59 Å². The van der Waals surface area contributed by atoms with E-state index in [-0.39, 0.29) is 29.1 Å². The van der Waals surface area contributed by atoms with Crippen LogP contribution in [0.4, 0.5) is 10.1 Å². The third kappa shape index (κ3) is 6.60. The summed E-state index contributed by atoms with van der Waals surface area (Å²) < 4.78 is 12.8. The Bertz CT molecular complexity index is 693. The molecule has 7 heteroatoms. The van der Waals surface area contributed by atoms with Crippen LogP contribution in [-0.4, -0.2) is 23.3 Å². The third-order valence-electron chi connectivity index (χ3n) is 3.00. The highest BCUT2D eigenvalue weighted by Gasteiger charge is 2.06. The lowest BCUT2D eigenvalue weighted by Gasteiger charge is -2.06. The molecule has 4 nitrogen and oxygen atoms in total. The first-order chi connectivity index (χ1) is 11.5. The van der Waals surface area contributed by atoms with Gasteiger partial charge in [0.05, 0.1) is 11.5 Å². The number of halogens is 2. The first-order valence-corrected chi connectivity index (χ1v) is 8.70. The summed E-state index contributed by atoms with van der Waals surface area (Å²) in [4.78, 5) is 23.4. The van der Waals surface area contributed by atoms with Gasteiger partial charge >= 0.3 is 0 Å². The highest BCUT2D eigenvalue weighted by Crippen LogP contribution is 2.10. The Morgan fingerprint density at radius 2 is 1.58 bits per heavy atom. The number of amides is 2. The summed E-state index contributed by atoms with van der Waals surface area (Å²) in [6.07, 6.45) is 0. The highest BCUT2D eigenvalue weighted by molar-refractivity contribution is 8.00. The van der Waals surface area contributed by atoms with Crippen molar-refractivity contribution in [3.05, 3.63) is 64.9 Å². The van der Waals surface area contributed by atoms with Crippen molar-refractivity contribution in [3.63, 3.8) is 0 Å². The molecule has 2 aromatic carbocycles. The summed E-state index contributed by atoms with van der Waals surface area (Å²) in [5.74, 6) is -0.419. The van der Waals surface area contributed by atoms with Crippen molar-refractivity contribution < 1.29 is 14.0 Å². The molecule has 0 spiro atoms. The number of carbonyl (C=O) groups is 2. The normalized spacial score (nSPS) is 10.2. The summed E-state index contributed by atoms with van der Waals surface area (Å²) in [6.45, 7) is 0.415. The Kier molecular flexibility index (Phi) is 7.08. The van der Waals surface area contributed by atoms with E-state index in [1.165, 1.54) is 36.0 Å².